The summed E-state index contributed by atoms with van der Waals surface area (Å²) in [5, 5.41) is 6.26. The number of aromatic nitrogens is 4. The summed E-state index contributed by atoms with van der Waals surface area (Å²) in [7, 11) is 0. The molecule has 3 aromatic heterocycles. The molecule has 0 spiro atoms. The minimum atomic E-state index is -0.235. The first kappa shape index (κ1) is 31.9. The topological polar surface area (TPSA) is 116 Å². The second-order valence-corrected chi connectivity index (χ2v) is 10.8. The lowest BCUT2D eigenvalue weighted by Crippen LogP contribution is -2.38. The van der Waals surface area contributed by atoms with Crippen molar-refractivity contribution in [2.75, 3.05) is 36.8 Å². The van der Waals surface area contributed by atoms with Gasteiger partial charge in [-0.15, -0.1) is 0 Å². The Morgan fingerprint density at radius 3 is 2.26 bits per heavy atom. The molecule has 0 unspecified atom stereocenters. The van der Waals surface area contributed by atoms with E-state index < -0.39 is 0 Å². The fourth-order valence-corrected chi connectivity index (χ4v) is 4.96. The van der Waals surface area contributed by atoms with Gasteiger partial charge in [-0.25, -0.2) is 9.97 Å². The Balaban J connectivity index is 1.25. The zero-order valence-electron chi connectivity index (χ0n) is 26.4. The molecule has 0 aliphatic heterocycles. The van der Waals surface area contributed by atoms with E-state index in [4.69, 9.17) is 0 Å². The van der Waals surface area contributed by atoms with Gasteiger partial charge in [0.05, 0.1) is 11.3 Å². The number of nitrogens with one attached hydrogen (secondary N) is 2. The van der Waals surface area contributed by atoms with Crippen LogP contribution in [0.3, 0.4) is 0 Å². The number of nitrogens with zero attached hydrogens (tertiary/aromatic N) is 6. The molecule has 5 aromatic rings. The van der Waals surface area contributed by atoms with Crippen LogP contribution in [0.15, 0.2) is 104 Å². The average Bonchev–Trinajstić information content (AvgIpc) is 3.10. The van der Waals surface area contributed by atoms with E-state index in [1.165, 1.54) is 0 Å². The number of hydrogen-bond acceptors (Lipinski definition) is 8. The van der Waals surface area contributed by atoms with Crippen molar-refractivity contribution in [1.29, 1.82) is 0 Å². The Kier molecular flexibility index (Phi) is 10.8. The Morgan fingerprint density at radius 1 is 0.804 bits per heavy atom. The molecule has 0 atom stereocenters. The molecular weight excluding hydrogens is 576 g/mol. The van der Waals surface area contributed by atoms with E-state index in [1.807, 2.05) is 60.4 Å². The van der Waals surface area contributed by atoms with Gasteiger partial charge < -0.3 is 20.4 Å². The maximum Gasteiger partial charge on any atom is 0.255 e. The van der Waals surface area contributed by atoms with Gasteiger partial charge in [0.15, 0.2) is 0 Å². The van der Waals surface area contributed by atoms with E-state index in [9.17, 15) is 9.59 Å². The molecular formula is C36H38N8O2. The largest absolute Gasteiger partial charge is 0.333 e. The second kappa shape index (κ2) is 15.5. The quantitative estimate of drug-likeness (QED) is 0.161. The first-order chi connectivity index (χ1) is 22.4. The van der Waals surface area contributed by atoms with Gasteiger partial charge >= 0.3 is 0 Å². The van der Waals surface area contributed by atoms with Crippen LogP contribution in [0.1, 0.15) is 45.7 Å². The van der Waals surface area contributed by atoms with Crippen molar-refractivity contribution in [3.05, 3.63) is 126 Å². The number of carbonyl (C=O) groups excluding carboxylic acids is 2. The zero-order valence-corrected chi connectivity index (χ0v) is 26.4. The minimum Gasteiger partial charge on any atom is -0.333 e. The number of benzene rings is 2. The third kappa shape index (κ3) is 8.36. The van der Waals surface area contributed by atoms with Crippen molar-refractivity contribution >= 4 is 29.1 Å². The van der Waals surface area contributed by atoms with E-state index >= 15 is 0 Å². The van der Waals surface area contributed by atoms with Crippen LogP contribution in [-0.2, 0) is 6.54 Å². The highest BCUT2D eigenvalue weighted by molar-refractivity contribution is 6.04. The summed E-state index contributed by atoms with van der Waals surface area (Å²) in [5.41, 5.74) is 6.04. The lowest BCUT2D eigenvalue weighted by atomic mass is 10.1. The number of rotatable bonds is 13. The molecule has 2 aromatic carbocycles. The molecule has 0 aliphatic rings. The van der Waals surface area contributed by atoms with Gasteiger partial charge in [0, 0.05) is 73.1 Å². The lowest BCUT2D eigenvalue weighted by Gasteiger charge is -2.26. The SMILES string of the molecule is CCN(CC)CCN(Cc1ccc(C(=O)Nc2ccc(C)c(Nc3nccc(-c4cccnc4)n3)c2)cc1)C(=O)c1cccnc1. The van der Waals surface area contributed by atoms with Crippen molar-refractivity contribution < 1.29 is 9.59 Å². The van der Waals surface area contributed by atoms with Crippen LogP contribution in [0.5, 0.6) is 0 Å². The second-order valence-electron chi connectivity index (χ2n) is 10.8. The van der Waals surface area contributed by atoms with Crippen molar-refractivity contribution in [1.82, 2.24) is 29.7 Å². The molecule has 2 amide bonds. The Hall–Kier alpha value is -5.48. The number of pyridine rings is 2. The Bertz CT molecular complexity index is 1740. The lowest BCUT2D eigenvalue weighted by molar-refractivity contribution is 0.0723. The van der Waals surface area contributed by atoms with E-state index in [0.29, 0.717) is 35.9 Å². The first-order valence-electron chi connectivity index (χ1n) is 15.4. The van der Waals surface area contributed by atoms with Crippen LogP contribution in [-0.4, -0.2) is 67.7 Å². The fraction of sp³-hybridized carbons (Fsp3) is 0.222. The summed E-state index contributed by atoms with van der Waals surface area (Å²) < 4.78 is 0. The number of likely N-dealkylation sites (N-methyl/N-ethyl adjacent to an activating group) is 1. The summed E-state index contributed by atoms with van der Waals surface area (Å²) in [5.74, 6) is 0.137. The molecule has 3 heterocycles. The number of anilines is 3. The maximum absolute atomic E-state index is 13.4. The van der Waals surface area contributed by atoms with Crippen molar-refractivity contribution in [3.63, 3.8) is 0 Å². The third-order valence-corrected chi connectivity index (χ3v) is 7.72. The van der Waals surface area contributed by atoms with E-state index in [-0.39, 0.29) is 11.8 Å². The van der Waals surface area contributed by atoms with Gasteiger partial charge in [0.2, 0.25) is 5.95 Å². The molecule has 2 N–H and O–H groups in total. The van der Waals surface area contributed by atoms with Crippen molar-refractivity contribution in [2.45, 2.75) is 27.3 Å². The van der Waals surface area contributed by atoms with Crippen LogP contribution in [0, 0.1) is 6.92 Å². The Morgan fingerprint density at radius 2 is 1.57 bits per heavy atom. The van der Waals surface area contributed by atoms with Gasteiger partial charge in [-0.1, -0.05) is 32.0 Å². The molecule has 0 fully saturated rings. The molecule has 0 bridgehead atoms. The van der Waals surface area contributed by atoms with Crippen LogP contribution in [0.2, 0.25) is 0 Å². The highest BCUT2D eigenvalue weighted by atomic mass is 16.2. The monoisotopic (exact) mass is 614 g/mol. The fourth-order valence-electron chi connectivity index (χ4n) is 4.96. The highest BCUT2D eigenvalue weighted by Gasteiger charge is 2.18. The van der Waals surface area contributed by atoms with E-state index in [1.54, 1.807) is 55.2 Å². The summed E-state index contributed by atoms with van der Waals surface area (Å²) in [4.78, 5) is 48.0. The molecule has 0 radical (unpaired) electrons. The summed E-state index contributed by atoms with van der Waals surface area (Å²) >= 11 is 0. The van der Waals surface area contributed by atoms with Crippen LogP contribution in [0.25, 0.3) is 11.3 Å². The molecule has 0 saturated heterocycles. The van der Waals surface area contributed by atoms with Gasteiger partial charge in [-0.2, -0.15) is 0 Å². The Labute approximate surface area is 269 Å². The average molecular weight is 615 g/mol. The van der Waals surface area contributed by atoms with E-state index in [0.717, 1.165) is 47.7 Å². The van der Waals surface area contributed by atoms with Crippen LogP contribution in [0.4, 0.5) is 17.3 Å². The van der Waals surface area contributed by atoms with Crippen molar-refractivity contribution in [3.8, 4) is 11.3 Å². The number of hydrogen-bond donors (Lipinski definition) is 2. The summed E-state index contributed by atoms with van der Waals surface area (Å²) in [6.07, 6.45) is 8.43. The number of aryl methyl sites for hydroxylation is 1. The zero-order chi connectivity index (χ0) is 32.3. The minimum absolute atomic E-state index is 0.0694. The predicted octanol–water partition coefficient (Wildman–Crippen LogP) is 6.22. The third-order valence-electron chi connectivity index (χ3n) is 7.72. The predicted molar refractivity (Wildman–Crippen MR) is 181 cm³/mol. The molecule has 46 heavy (non-hydrogen) atoms. The first-order valence-corrected chi connectivity index (χ1v) is 15.4. The van der Waals surface area contributed by atoms with Crippen LogP contribution < -0.4 is 10.6 Å². The number of carbonyl (C=O) groups is 2. The van der Waals surface area contributed by atoms with Gasteiger partial charge in [0.25, 0.3) is 11.8 Å². The summed E-state index contributed by atoms with van der Waals surface area (Å²) in [6, 6.07) is 22.2. The number of amides is 2. The molecule has 0 aliphatic carbocycles. The van der Waals surface area contributed by atoms with E-state index in [2.05, 4.69) is 49.3 Å². The van der Waals surface area contributed by atoms with Gasteiger partial charge in [-0.05, 0) is 85.7 Å². The normalized spacial score (nSPS) is 10.9. The maximum atomic E-state index is 13.4. The molecule has 10 heteroatoms. The van der Waals surface area contributed by atoms with Gasteiger partial charge in [0.1, 0.15) is 0 Å². The standard InChI is InChI=1S/C36H38N8O2/c1-4-43(5-2)20-21-44(35(46)30-9-7-18-38-24-30)25-27-11-13-28(14-12-27)34(45)40-31-15-10-26(3)33(22-31)42-36-39-19-16-32(41-36)29-8-6-17-37-23-29/h6-19,22-24H,4-5,20-21,25H2,1-3H3,(H,40,45)(H,39,41,42). The van der Waals surface area contributed by atoms with Crippen molar-refractivity contribution in [2.24, 2.45) is 0 Å². The highest BCUT2D eigenvalue weighted by Crippen LogP contribution is 2.25. The molecule has 0 saturated carbocycles. The molecule has 10 nitrogen and oxygen atoms in total. The summed E-state index contributed by atoms with van der Waals surface area (Å²) in [6.45, 7) is 9.82. The van der Waals surface area contributed by atoms with Gasteiger partial charge in [-0.3, -0.25) is 19.6 Å². The van der Waals surface area contributed by atoms with Crippen LogP contribution >= 0.6 is 0 Å². The molecule has 234 valence electrons. The molecule has 5 rings (SSSR count). The smallest absolute Gasteiger partial charge is 0.255 e.